The summed E-state index contributed by atoms with van der Waals surface area (Å²) in [4.78, 5) is 25.7. The number of pyridine rings is 2. The molecule has 3 aromatic heterocycles. The van der Waals surface area contributed by atoms with E-state index in [-0.39, 0.29) is 20.5 Å². The number of halogens is 1. The zero-order chi connectivity index (χ0) is 23.6. The Labute approximate surface area is 203 Å². The van der Waals surface area contributed by atoms with Gasteiger partial charge in [-0.15, -0.1) is 0 Å². The van der Waals surface area contributed by atoms with Crippen molar-refractivity contribution in [1.29, 1.82) is 5.26 Å². The van der Waals surface area contributed by atoms with Gasteiger partial charge in [-0.2, -0.15) is 0 Å². The molecule has 0 saturated carbocycles. The summed E-state index contributed by atoms with van der Waals surface area (Å²) < 4.78 is 2.42. The fraction of sp³-hybridized carbons (Fsp3) is 0.208. The monoisotopic (exact) mass is 519 g/mol. The number of hydrogen-bond donors (Lipinski definition) is 1. The predicted molar refractivity (Wildman–Crippen MR) is 131 cm³/mol. The Morgan fingerprint density at radius 1 is 1.18 bits per heavy atom. The van der Waals surface area contributed by atoms with Gasteiger partial charge in [-0.1, -0.05) is 0 Å². The molecule has 0 spiro atoms. The Kier molecular flexibility index (Phi) is 6.51. The number of hydrogen-bond acceptors (Lipinski definition) is 6. The van der Waals surface area contributed by atoms with Crippen LogP contribution in [0.1, 0.15) is 31.7 Å². The van der Waals surface area contributed by atoms with Crippen molar-refractivity contribution in [3.8, 4) is 6.07 Å². The number of rotatable bonds is 6. The number of fused-ring (bicyclic) bond motifs is 1. The van der Waals surface area contributed by atoms with Crippen molar-refractivity contribution < 1.29 is 0 Å². The van der Waals surface area contributed by atoms with Crippen molar-refractivity contribution in [2.75, 3.05) is 5.32 Å². The van der Waals surface area contributed by atoms with E-state index in [1.165, 1.54) is 0 Å². The third kappa shape index (κ3) is 4.50. The van der Waals surface area contributed by atoms with Crippen molar-refractivity contribution in [3.63, 3.8) is 0 Å². The Balaban J connectivity index is 1.82. The Bertz CT molecular complexity index is 1430. The molecule has 1 atom stereocenters. The van der Waals surface area contributed by atoms with Gasteiger partial charge < -0.3 is 0 Å². The van der Waals surface area contributed by atoms with E-state index in [4.69, 9.17) is 11.6 Å². The number of aromatic nitrogens is 4. The molecule has 3 heterocycles. The summed E-state index contributed by atoms with van der Waals surface area (Å²) in [6.45, 7) is 4.28. The van der Waals surface area contributed by atoms with Crippen molar-refractivity contribution in [2.24, 2.45) is 7.05 Å². The number of anilines is 2. The van der Waals surface area contributed by atoms with Crippen LogP contribution in [0.3, 0.4) is 0 Å². The molecule has 0 aliphatic rings. The molecular formula is C24H21AsClN6O. The molecule has 7 nitrogen and oxygen atoms in total. The number of benzene rings is 1. The fourth-order valence-corrected chi connectivity index (χ4v) is 6.64. The standard InChI is InChI=1S/C24H21AsClN6O/c1-4-24(2,23-29-9-5-10-30-23)25-18-13-21(33)32(3)20-7-6-15(12-16(18)20)31-19-8-11-28-22(26)17(19)14-27/h5-13H,4H2,1-3H3,(H,28,31). The first-order valence-corrected chi connectivity index (χ1v) is 12.6. The zero-order valence-corrected chi connectivity index (χ0v) is 21.0. The first kappa shape index (κ1) is 23.0. The number of nitrogens with one attached hydrogen (secondary N) is 1. The zero-order valence-electron chi connectivity index (χ0n) is 18.4. The maximum absolute atomic E-state index is 12.7. The van der Waals surface area contributed by atoms with Gasteiger partial charge in [0.25, 0.3) is 0 Å². The molecule has 4 rings (SSSR count). The van der Waals surface area contributed by atoms with Crippen LogP contribution in [0.2, 0.25) is 5.15 Å². The Morgan fingerprint density at radius 3 is 2.64 bits per heavy atom. The second-order valence-corrected chi connectivity index (χ2v) is 11.6. The van der Waals surface area contributed by atoms with E-state index < -0.39 is 15.8 Å². The van der Waals surface area contributed by atoms with Gasteiger partial charge in [-0.05, 0) is 0 Å². The van der Waals surface area contributed by atoms with Gasteiger partial charge in [-0.25, -0.2) is 0 Å². The summed E-state index contributed by atoms with van der Waals surface area (Å²) in [5.41, 5.74) is 2.45. The third-order valence-corrected chi connectivity index (χ3v) is 9.31. The third-order valence-electron chi connectivity index (χ3n) is 5.62. The van der Waals surface area contributed by atoms with Crippen molar-refractivity contribution >= 4 is 54.0 Å². The summed E-state index contributed by atoms with van der Waals surface area (Å²) in [6.07, 6.45) is 5.92. The SMILES string of the molecule is CCC(C)([As]c1cc(=O)n(C)c2ccc(Nc3ccnc(Cl)c3C#N)cc12)c1ncccn1. The average Bonchev–Trinajstić information content (AvgIpc) is 2.83. The summed E-state index contributed by atoms with van der Waals surface area (Å²) >= 11 is 5.60. The van der Waals surface area contributed by atoms with Crippen LogP contribution in [0.5, 0.6) is 0 Å². The maximum atomic E-state index is 12.7. The predicted octanol–water partition coefficient (Wildman–Crippen LogP) is 3.65. The number of aryl methyl sites for hydroxylation is 1. The van der Waals surface area contributed by atoms with Gasteiger partial charge in [0.15, 0.2) is 0 Å². The van der Waals surface area contributed by atoms with Crippen LogP contribution in [0.15, 0.2) is 59.8 Å². The van der Waals surface area contributed by atoms with E-state index in [1.807, 2.05) is 24.3 Å². The molecule has 1 aromatic carbocycles. The summed E-state index contributed by atoms with van der Waals surface area (Å²) in [6, 6.07) is 13.2. The Hall–Kier alpha value is -3.20. The number of nitriles is 1. The first-order valence-electron chi connectivity index (χ1n) is 10.3. The van der Waals surface area contributed by atoms with Crippen LogP contribution < -0.4 is 15.2 Å². The quantitative estimate of drug-likeness (QED) is 0.309. The molecule has 33 heavy (non-hydrogen) atoms. The second kappa shape index (κ2) is 9.35. The molecule has 0 aliphatic heterocycles. The molecule has 0 bridgehead atoms. The van der Waals surface area contributed by atoms with Crippen molar-refractivity contribution in [3.05, 3.63) is 81.9 Å². The number of nitrogens with zero attached hydrogens (tertiary/aromatic N) is 5. The molecule has 1 unspecified atom stereocenters. The molecule has 4 aromatic rings. The van der Waals surface area contributed by atoms with Crippen LogP contribution in [0.25, 0.3) is 10.9 Å². The van der Waals surface area contributed by atoms with Gasteiger partial charge in [-0.3, -0.25) is 0 Å². The average molecular weight is 520 g/mol. The van der Waals surface area contributed by atoms with Gasteiger partial charge in [0.05, 0.1) is 0 Å². The second-order valence-electron chi connectivity index (χ2n) is 7.73. The molecule has 0 amide bonds. The molecule has 1 N–H and O–H groups in total. The van der Waals surface area contributed by atoms with Gasteiger partial charge in [0, 0.05) is 0 Å². The van der Waals surface area contributed by atoms with E-state index in [2.05, 4.69) is 40.2 Å². The van der Waals surface area contributed by atoms with Gasteiger partial charge in [0.1, 0.15) is 0 Å². The normalized spacial score (nSPS) is 13.2. The first-order chi connectivity index (χ1) is 15.9. The van der Waals surface area contributed by atoms with Crippen molar-refractivity contribution in [1.82, 2.24) is 19.5 Å². The molecular weight excluding hydrogens is 499 g/mol. The van der Waals surface area contributed by atoms with Crippen LogP contribution in [-0.2, 0) is 11.3 Å². The minimum absolute atomic E-state index is 0.0476. The van der Waals surface area contributed by atoms with E-state index in [1.54, 1.807) is 42.3 Å². The molecule has 165 valence electrons. The van der Waals surface area contributed by atoms with Crippen LogP contribution in [0.4, 0.5) is 11.4 Å². The van der Waals surface area contributed by atoms with E-state index in [0.717, 1.165) is 33.2 Å². The van der Waals surface area contributed by atoms with Gasteiger partial charge in [0.2, 0.25) is 0 Å². The fourth-order valence-electron chi connectivity index (χ4n) is 3.55. The van der Waals surface area contributed by atoms with E-state index in [0.29, 0.717) is 5.69 Å². The van der Waals surface area contributed by atoms with E-state index >= 15 is 0 Å². The summed E-state index contributed by atoms with van der Waals surface area (Å²) in [7, 11) is 1.77. The summed E-state index contributed by atoms with van der Waals surface area (Å²) in [5, 5.41) is 13.9. The van der Waals surface area contributed by atoms with Crippen LogP contribution in [-0.4, -0.2) is 35.3 Å². The van der Waals surface area contributed by atoms with E-state index in [9.17, 15) is 10.1 Å². The molecule has 1 radical (unpaired) electrons. The van der Waals surface area contributed by atoms with Crippen molar-refractivity contribution in [2.45, 2.75) is 24.5 Å². The van der Waals surface area contributed by atoms with Crippen LogP contribution >= 0.6 is 11.6 Å². The Morgan fingerprint density at radius 2 is 1.94 bits per heavy atom. The molecule has 9 heteroatoms. The minimum atomic E-state index is -0.482. The van der Waals surface area contributed by atoms with Gasteiger partial charge >= 0.3 is 204 Å². The summed E-state index contributed by atoms with van der Waals surface area (Å²) in [5.74, 6) is 0.792. The molecule has 0 fully saturated rings. The molecule has 0 saturated heterocycles. The van der Waals surface area contributed by atoms with Crippen LogP contribution in [0, 0.1) is 11.3 Å². The molecule has 0 aliphatic carbocycles. The topological polar surface area (TPSA) is 96.5 Å².